The number of pyridine rings is 1. The molecule has 0 radical (unpaired) electrons. The molecule has 1 aromatic carbocycles. The first-order chi connectivity index (χ1) is 15.5. The molecule has 7 nitrogen and oxygen atoms in total. The molecule has 5 rings (SSSR count). The van der Waals surface area contributed by atoms with E-state index >= 15 is 0 Å². The highest BCUT2D eigenvalue weighted by atomic mass is 35.5. The Hall–Kier alpha value is -2.90. The molecule has 0 spiro atoms. The lowest BCUT2D eigenvalue weighted by atomic mass is 10.1. The molecule has 3 aromatic heterocycles. The second-order valence-corrected chi connectivity index (χ2v) is 9.12. The van der Waals surface area contributed by atoms with Gasteiger partial charge in [-0.3, -0.25) is 4.57 Å². The molecule has 0 saturated carbocycles. The van der Waals surface area contributed by atoms with Gasteiger partial charge in [-0.1, -0.05) is 37.6 Å². The molecule has 4 aromatic rings. The van der Waals surface area contributed by atoms with Gasteiger partial charge in [0.1, 0.15) is 5.52 Å². The van der Waals surface area contributed by atoms with Gasteiger partial charge in [-0.2, -0.15) is 0 Å². The van der Waals surface area contributed by atoms with Crippen molar-refractivity contribution in [3.63, 3.8) is 0 Å². The molecule has 166 valence electrons. The zero-order valence-electron chi connectivity index (χ0n) is 18.3. The van der Waals surface area contributed by atoms with E-state index in [1.165, 1.54) is 0 Å². The van der Waals surface area contributed by atoms with Crippen molar-refractivity contribution in [2.45, 2.75) is 26.8 Å². The van der Waals surface area contributed by atoms with Crippen molar-refractivity contribution in [1.29, 1.82) is 0 Å². The summed E-state index contributed by atoms with van der Waals surface area (Å²) in [6.07, 6.45) is 4.54. The second-order valence-electron chi connectivity index (χ2n) is 8.68. The van der Waals surface area contributed by atoms with Crippen molar-refractivity contribution in [2.75, 3.05) is 31.2 Å². The molecule has 8 heteroatoms. The summed E-state index contributed by atoms with van der Waals surface area (Å²) in [4.78, 5) is 25.4. The molecular formula is C24H26ClN5O2. The molecule has 1 aliphatic heterocycles. The summed E-state index contributed by atoms with van der Waals surface area (Å²) >= 11 is 6.06. The van der Waals surface area contributed by atoms with Crippen molar-refractivity contribution in [1.82, 2.24) is 18.9 Å². The van der Waals surface area contributed by atoms with Gasteiger partial charge in [-0.05, 0) is 36.1 Å². The summed E-state index contributed by atoms with van der Waals surface area (Å²) in [6, 6.07) is 9.64. The van der Waals surface area contributed by atoms with Gasteiger partial charge in [0.25, 0.3) is 0 Å². The predicted molar refractivity (Wildman–Crippen MR) is 127 cm³/mol. The highest BCUT2D eigenvalue weighted by Gasteiger charge is 2.18. The minimum Gasteiger partial charge on any atom is -0.378 e. The van der Waals surface area contributed by atoms with Gasteiger partial charge in [-0.25, -0.2) is 19.2 Å². The van der Waals surface area contributed by atoms with Crippen LogP contribution in [0.25, 0.3) is 16.7 Å². The lowest BCUT2D eigenvalue weighted by molar-refractivity contribution is 0.122. The smallest absolute Gasteiger partial charge is 0.334 e. The molecule has 0 bridgehead atoms. The largest absolute Gasteiger partial charge is 0.378 e. The molecule has 0 amide bonds. The third-order valence-electron chi connectivity index (χ3n) is 5.80. The van der Waals surface area contributed by atoms with E-state index in [1.54, 1.807) is 8.97 Å². The summed E-state index contributed by atoms with van der Waals surface area (Å²) < 4.78 is 8.91. The standard InChI is InChI=1S/C24H26ClN5O2/c1-16(2)11-19-15-30-23(27-19)22-21(12-20(13-26-22)28-7-9-32-10-8-28)29(24(30)31)14-17-3-5-18(25)6-4-17/h3-6,12-13,15-16H,7-11,14H2,1-2H3. The number of hydrogen-bond donors (Lipinski definition) is 0. The average molecular weight is 452 g/mol. The molecule has 4 heterocycles. The van der Waals surface area contributed by atoms with Crippen LogP contribution in [0.3, 0.4) is 0 Å². The van der Waals surface area contributed by atoms with Crippen molar-refractivity contribution in [2.24, 2.45) is 5.92 Å². The Bertz CT molecular complexity index is 1320. The number of anilines is 1. The first kappa shape index (κ1) is 21.0. The number of benzene rings is 1. The molecule has 32 heavy (non-hydrogen) atoms. The maximum absolute atomic E-state index is 13.6. The number of aromatic nitrogens is 4. The maximum Gasteiger partial charge on any atom is 0.334 e. The number of rotatable bonds is 5. The number of morpholine rings is 1. The van der Waals surface area contributed by atoms with Crippen LogP contribution in [0.1, 0.15) is 25.1 Å². The van der Waals surface area contributed by atoms with Gasteiger partial charge in [0.2, 0.25) is 0 Å². The molecule has 1 fully saturated rings. The minimum atomic E-state index is -0.120. The SMILES string of the molecule is CC(C)Cc1cn2c(=O)n(Cc3ccc(Cl)cc3)c3cc(N4CCOCC4)cnc3c2n1. The first-order valence-corrected chi connectivity index (χ1v) is 11.3. The Labute approximate surface area is 191 Å². The molecular weight excluding hydrogens is 426 g/mol. The molecule has 1 saturated heterocycles. The third-order valence-corrected chi connectivity index (χ3v) is 6.05. The quantitative estimate of drug-likeness (QED) is 0.462. The van der Waals surface area contributed by atoms with Crippen LogP contribution in [0.2, 0.25) is 5.02 Å². The first-order valence-electron chi connectivity index (χ1n) is 11.0. The van der Waals surface area contributed by atoms with Gasteiger partial charge in [0.15, 0.2) is 5.65 Å². The Kier molecular flexibility index (Phi) is 5.61. The number of nitrogens with zero attached hydrogens (tertiary/aromatic N) is 5. The molecule has 0 atom stereocenters. The Balaban J connectivity index is 1.71. The van der Waals surface area contributed by atoms with Crippen LogP contribution in [-0.4, -0.2) is 45.2 Å². The van der Waals surface area contributed by atoms with Gasteiger partial charge < -0.3 is 9.64 Å². The van der Waals surface area contributed by atoms with Crippen LogP contribution in [0.5, 0.6) is 0 Å². The van der Waals surface area contributed by atoms with Crippen LogP contribution in [0.4, 0.5) is 5.69 Å². The van der Waals surface area contributed by atoms with Crippen LogP contribution >= 0.6 is 11.6 Å². The van der Waals surface area contributed by atoms with E-state index in [2.05, 4.69) is 24.8 Å². The van der Waals surface area contributed by atoms with Gasteiger partial charge in [0.05, 0.1) is 42.9 Å². The Morgan fingerprint density at radius 3 is 2.62 bits per heavy atom. The Morgan fingerprint density at radius 1 is 1.16 bits per heavy atom. The highest BCUT2D eigenvalue weighted by molar-refractivity contribution is 6.30. The van der Waals surface area contributed by atoms with Crippen LogP contribution in [0, 0.1) is 5.92 Å². The number of ether oxygens (including phenoxy) is 1. The van der Waals surface area contributed by atoms with E-state index in [0.717, 1.165) is 47.5 Å². The monoisotopic (exact) mass is 451 g/mol. The molecule has 0 N–H and O–H groups in total. The predicted octanol–water partition coefficient (Wildman–Crippen LogP) is 3.78. The fourth-order valence-electron chi connectivity index (χ4n) is 4.23. The zero-order chi connectivity index (χ0) is 22.2. The number of fused-ring (bicyclic) bond motifs is 3. The highest BCUT2D eigenvalue weighted by Crippen LogP contribution is 2.24. The fourth-order valence-corrected chi connectivity index (χ4v) is 4.36. The fraction of sp³-hybridized carbons (Fsp3) is 0.375. The van der Waals surface area contributed by atoms with Gasteiger partial charge in [-0.15, -0.1) is 0 Å². The molecule has 1 aliphatic rings. The van der Waals surface area contributed by atoms with E-state index in [0.29, 0.717) is 36.3 Å². The van der Waals surface area contributed by atoms with E-state index in [-0.39, 0.29) is 5.69 Å². The summed E-state index contributed by atoms with van der Waals surface area (Å²) in [5, 5.41) is 0.672. The zero-order valence-corrected chi connectivity index (χ0v) is 19.0. The number of hydrogen-bond acceptors (Lipinski definition) is 5. The van der Waals surface area contributed by atoms with Crippen molar-refractivity contribution in [3.05, 3.63) is 69.5 Å². The van der Waals surface area contributed by atoms with Crippen LogP contribution in [0.15, 0.2) is 47.5 Å². The van der Waals surface area contributed by atoms with Crippen LogP contribution < -0.4 is 10.6 Å². The van der Waals surface area contributed by atoms with E-state index in [1.807, 2.05) is 36.7 Å². The normalized spacial score (nSPS) is 14.7. The van der Waals surface area contributed by atoms with E-state index in [4.69, 9.17) is 26.3 Å². The van der Waals surface area contributed by atoms with Crippen molar-refractivity contribution >= 4 is 34.0 Å². The van der Waals surface area contributed by atoms with E-state index in [9.17, 15) is 4.79 Å². The summed E-state index contributed by atoms with van der Waals surface area (Å²) in [6.45, 7) is 7.70. The van der Waals surface area contributed by atoms with Gasteiger partial charge in [0, 0.05) is 24.3 Å². The van der Waals surface area contributed by atoms with E-state index < -0.39 is 0 Å². The summed E-state index contributed by atoms with van der Waals surface area (Å²) in [7, 11) is 0. The van der Waals surface area contributed by atoms with Crippen molar-refractivity contribution < 1.29 is 4.74 Å². The topological polar surface area (TPSA) is 64.7 Å². The lowest BCUT2D eigenvalue weighted by Gasteiger charge is -2.28. The second kappa shape index (κ2) is 8.56. The van der Waals surface area contributed by atoms with Crippen molar-refractivity contribution in [3.8, 4) is 0 Å². The average Bonchev–Trinajstić information content (AvgIpc) is 3.21. The lowest BCUT2D eigenvalue weighted by Crippen LogP contribution is -2.36. The summed E-state index contributed by atoms with van der Waals surface area (Å²) in [5.41, 5.74) is 4.89. The van der Waals surface area contributed by atoms with Crippen LogP contribution in [-0.2, 0) is 17.7 Å². The Morgan fingerprint density at radius 2 is 1.91 bits per heavy atom. The van der Waals surface area contributed by atoms with Gasteiger partial charge >= 0.3 is 5.69 Å². The maximum atomic E-state index is 13.6. The molecule has 0 unspecified atom stereocenters. The number of imidazole rings is 1. The third kappa shape index (κ3) is 3.98. The number of halogens is 1. The minimum absolute atomic E-state index is 0.120. The molecule has 0 aliphatic carbocycles. The summed E-state index contributed by atoms with van der Waals surface area (Å²) in [5.74, 6) is 0.448.